The molecule has 1 aromatic carbocycles. The number of benzene rings is 1. The van der Waals surface area contributed by atoms with Crippen molar-refractivity contribution in [3.05, 3.63) is 24.0 Å². The van der Waals surface area contributed by atoms with Gasteiger partial charge in [-0.05, 0) is 12.1 Å². The standard InChI is InChI=1S/C10H11FN2O2S/c11-7-3-6(1-2-9(7)14)13-10(15)8-4-16-5-12-8/h1-3,8,12,14H,4-5H2,(H,13,15). The Hall–Kier alpha value is -1.27. The molecule has 1 saturated heterocycles. The first-order chi connectivity index (χ1) is 7.66. The SMILES string of the molecule is O=C(Nc1ccc(O)c(F)c1)C1CSCN1. The van der Waals surface area contributed by atoms with E-state index < -0.39 is 11.6 Å². The molecule has 1 unspecified atom stereocenters. The molecule has 0 aromatic heterocycles. The number of anilines is 1. The van der Waals surface area contributed by atoms with Crippen LogP contribution in [0.3, 0.4) is 0 Å². The number of hydrogen-bond acceptors (Lipinski definition) is 4. The van der Waals surface area contributed by atoms with Crippen LogP contribution in [0.1, 0.15) is 0 Å². The minimum atomic E-state index is -0.744. The topological polar surface area (TPSA) is 61.4 Å². The molecule has 0 radical (unpaired) electrons. The molecule has 0 spiro atoms. The van der Waals surface area contributed by atoms with Crippen molar-refractivity contribution >= 4 is 23.4 Å². The Kier molecular flexibility index (Phi) is 3.31. The van der Waals surface area contributed by atoms with Gasteiger partial charge in [-0.2, -0.15) is 0 Å². The average Bonchev–Trinajstić information content (AvgIpc) is 2.77. The van der Waals surface area contributed by atoms with Crippen molar-refractivity contribution in [3.8, 4) is 5.75 Å². The van der Waals surface area contributed by atoms with E-state index in [1.165, 1.54) is 12.1 Å². The first-order valence-electron chi connectivity index (χ1n) is 4.77. The van der Waals surface area contributed by atoms with Gasteiger partial charge in [-0.15, -0.1) is 11.8 Å². The summed E-state index contributed by atoms with van der Waals surface area (Å²) in [6, 6.07) is 3.53. The number of rotatable bonds is 2. The van der Waals surface area contributed by atoms with Gasteiger partial charge in [-0.25, -0.2) is 4.39 Å². The quantitative estimate of drug-likeness (QED) is 0.680. The zero-order valence-corrected chi connectivity index (χ0v) is 9.18. The third kappa shape index (κ3) is 2.45. The van der Waals surface area contributed by atoms with Crippen LogP contribution in [0.5, 0.6) is 5.75 Å². The van der Waals surface area contributed by atoms with E-state index >= 15 is 0 Å². The maximum Gasteiger partial charge on any atom is 0.242 e. The highest BCUT2D eigenvalue weighted by Crippen LogP contribution is 2.20. The van der Waals surface area contributed by atoms with E-state index in [2.05, 4.69) is 10.6 Å². The van der Waals surface area contributed by atoms with Gasteiger partial charge >= 0.3 is 0 Å². The second-order valence-corrected chi connectivity index (χ2v) is 4.46. The highest BCUT2D eigenvalue weighted by molar-refractivity contribution is 7.99. The molecule has 0 aliphatic carbocycles. The molecule has 2 rings (SSSR count). The molecule has 1 amide bonds. The van der Waals surface area contributed by atoms with Crippen LogP contribution < -0.4 is 10.6 Å². The molecule has 0 bridgehead atoms. The highest BCUT2D eigenvalue weighted by atomic mass is 32.2. The van der Waals surface area contributed by atoms with Crippen molar-refractivity contribution < 1.29 is 14.3 Å². The van der Waals surface area contributed by atoms with E-state index in [9.17, 15) is 9.18 Å². The second kappa shape index (κ2) is 4.71. The van der Waals surface area contributed by atoms with Gasteiger partial charge in [-0.1, -0.05) is 0 Å². The maximum atomic E-state index is 13.0. The monoisotopic (exact) mass is 242 g/mol. The van der Waals surface area contributed by atoms with Crippen LogP contribution in [0.4, 0.5) is 10.1 Å². The first-order valence-corrected chi connectivity index (χ1v) is 5.93. The van der Waals surface area contributed by atoms with Gasteiger partial charge in [0.25, 0.3) is 0 Å². The summed E-state index contributed by atoms with van der Waals surface area (Å²) in [7, 11) is 0. The molecule has 3 N–H and O–H groups in total. The molecular weight excluding hydrogens is 231 g/mol. The maximum absolute atomic E-state index is 13.0. The zero-order chi connectivity index (χ0) is 11.5. The summed E-state index contributed by atoms with van der Waals surface area (Å²) in [5, 5.41) is 14.6. The van der Waals surface area contributed by atoms with Crippen LogP contribution in [-0.2, 0) is 4.79 Å². The van der Waals surface area contributed by atoms with Crippen LogP contribution >= 0.6 is 11.8 Å². The number of carbonyl (C=O) groups is 1. The third-order valence-electron chi connectivity index (χ3n) is 2.25. The first kappa shape index (κ1) is 11.2. The Balaban J connectivity index is 2.02. The Bertz CT molecular complexity index is 408. The highest BCUT2D eigenvalue weighted by Gasteiger charge is 2.22. The minimum Gasteiger partial charge on any atom is -0.505 e. The molecule has 1 aliphatic heterocycles. The number of aromatic hydroxyl groups is 1. The number of halogens is 1. The summed E-state index contributed by atoms with van der Waals surface area (Å²) in [5.74, 6) is 0.114. The lowest BCUT2D eigenvalue weighted by Gasteiger charge is -2.10. The lowest BCUT2D eigenvalue weighted by molar-refractivity contribution is -0.117. The van der Waals surface area contributed by atoms with Gasteiger partial charge in [0.05, 0.1) is 6.04 Å². The van der Waals surface area contributed by atoms with Gasteiger partial charge < -0.3 is 10.4 Å². The Morgan fingerprint density at radius 2 is 2.44 bits per heavy atom. The number of nitrogens with one attached hydrogen (secondary N) is 2. The largest absolute Gasteiger partial charge is 0.505 e. The van der Waals surface area contributed by atoms with E-state index in [4.69, 9.17) is 5.11 Å². The number of amides is 1. The lowest BCUT2D eigenvalue weighted by Crippen LogP contribution is -2.37. The fraction of sp³-hybridized carbons (Fsp3) is 0.300. The summed E-state index contributed by atoms with van der Waals surface area (Å²) < 4.78 is 13.0. The van der Waals surface area contributed by atoms with E-state index in [-0.39, 0.29) is 11.9 Å². The Labute approximate surface area is 96.2 Å². The van der Waals surface area contributed by atoms with Crippen molar-refractivity contribution in [2.45, 2.75) is 6.04 Å². The smallest absolute Gasteiger partial charge is 0.242 e. The summed E-state index contributed by atoms with van der Waals surface area (Å²) in [4.78, 5) is 11.6. The van der Waals surface area contributed by atoms with Crippen molar-refractivity contribution in [1.82, 2.24) is 5.32 Å². The molecular formula is C10H11FN2O2S. The van der Waals surface area contributed by atoms with Crippen LogP contribution in [0.15, 0.2) is 18.2 Å². The van der Waals surface area contributed by atoms with Crippen molar-refractivity contribution in [1.29, 1.82) is 0 Å². The normalized spacial score (nSPS) is 19.7. The van der Waals surface area contributed by atoms with Crippen LogP contribution in [-0.4, -0.2) is 28.7 Å². The average molecular weight is 242 g/mol. The molecule has 6 heteroatoms. The van der Waals surface area contributed by atoms with E-state index in [0.29, 0.717) is 11.4 Å². The zero-order valence-electron chi connectivity index (χ0n) is 8.37. The Morgan fingerprint density at radius 3 is 3.06 bits per heavy atom. The summed E-state index contributed by atoms with van der Waals surface area (Å²) in [5.41, 5.74) is 0.346. The fourth-order valence-electron chi connectivity index (χ4n) is 1.38. The Morgan fingerprint density at radius 1 is 1.62 bits per heavy atom. The predicted molar refractivity (Wildman–Crippen MR) is 60.9 cm³/mol. The minimum absolute atomic E-state index is 0.185. The van der Waals surface area contributed by atoms with Gasteiger partial charge in [0.15, 0.2) is 11.6 Å². The molecule has 1 aliphatic rings. The molecule has 86 valence electrons. The van der Waals surface area contributed by atoms with Gasteiger partial charge in [0.2, 0.25) is 5.91 Å². The fourth-order valence-corrected chi connectivity index (χ4v) is 2.32. The van der Waals surface area contributed by atoms with Gasteiger partial charge in [0.1, 0.15) is 0 Å². The van der Waals surface area contributed by atoms with E-state index in [0.717, 1.165) is 11.9 Å². The lowest BCUT2D eigenvalue weighted by atomic mass is 10.2. The number of thioether (sulfide) groups is 1. The third-order valence-corrected chi connectivity index (χ3v) is 3.19. The van der Waals surface area contributed by atoms with Crippen LogP contribution in [0, 0.1) is 5.82 Å². The van der Waals surface area contributed by atoms with Crippen molar-refractivity contribution in [2.75, 3.05) is 16.9 Å². The van der Waals surface area contributed by atoms with Gasteiger partial charge in [-0.3, -0.25) is 10.1 Å². The van der Waals surface area contributed by atoms with Crippen LogP contribution in [0.25, 0.3) is 0 Å². The number of carbonyl (C=O) groups excluding carboxylic acids is 1. The molecule has 0 saturated carbocycles. The van der Waals surface area contributed by atoms with E-state index in [1.807, 2.05) is 0 Å². The molecule has 1 aromatic rings. The van der Waals surface area contributed by atoms with Crippen molar-refractivity contribution in [3.63, 3.8) is 0 Å². The molecule has 1 heterocycles. The second-order valence-electron chi connectivity index (χ2n) is 3.43. The number of phenolic OH excluding ortho intramolecular Hbond substituents is 1. The van der Waals surface area contributed by atoms with Crippen molar-refractivity contribution in [2.24, 2.45) is 0 Å². The van der Waals surface area contributed by atoms with E-state index in [1.54, 1.807) is 11.8 Å². The molecule has 16 heavy (non-hydrogen) atoms. The molecule has 4 nitrogen and oxygen atoms in total. The molecule has 1 atom stereocenters. The summed E-state index contributed by atoms with van der Waals surface area (Å²) >= 11 is 1.64. The molecule has 1 fully saturated rings. The predicted octanol–water partition coefficient (Wildman–Crippen LogP) is 1.13. The summed E-state index contributed by atoms with van der Waals surface area (Å²) in [6.07, 6.45) is 0. The number of phenols is 1. The van der Waals surface area contributed by atoms with Gasteiger partial charge in [0, 0.05) is 23.4 Å². The van der Waals surface area contributed by atoms with Crippen LogP contribution in [0.2, 0.25) is 0 Å². The number of hydrogen-bond donors (Lipinski definition) is 3. The summed E-state index contributed by atoms with van der Waals surface area (Å²) in [6.45, 7) is 0.